The van der Waals surface area contributed by atoms with E-state index in [-0.39, 0.29) is 0 Å². The van der Waals surface area contributed by atoms with Gasteiger partial charge in [-0.1, -0.05) is 0 Å². The Hall–Kier alpha value is -1.40. The molecule has 0 radical (unpaired) electrons. The summed E-state index contributed by atoms with van der Waals surface area (Å²) in [5.41, 5.74) is 0. The highest BCUT2D eigenvalue weighted by Crippen LogP contribution is 2.30. The molecule has 6 heteroatoms. The molecular weight excluding hydrogens is 270 g/mol. The number of hydrogen-bond acceptors (Lipinski definition) is 6. The Kier molecular flexibility index (Phi) is 3.76. The molecule has 1 fully saturated rings. The van der Waals surface area contributed by atoms with E-state index >= 15 is 0 Å². The molecule has 0 saturated carbocycles. The maximum Gasteiger partial charge on any atom is 0.226 e. The number of nitrogens with one attached hydrogen (secondary N) is 2. The first-order valence-electron chi connectivity index (χ1n) is 7.13. The Morgan fingerprint density at radius 2 is 2.30 bits per heavy atom. The zero-order valence-electron chi connectivity index (χ0n) is 12.2. The van der Waals surface area contributed by atoms with Gasteiger partial charge in [-0.2, -0.15) is 4.98 Å². The molecule has 2 N–H and O–H groups in total. The van der Waals surface area contributed by atoms with Gasteiger partial charge in [-0.3, -0.25) is 0 Å². The van der Waals surface area contributed by atoms with Crippen molar-refractivity contribution >= 4 is 33.3 Å². The molecule has 0 bridgehead atoms. The minimum absolute atomic E-state index is 0.479. The van der Waals surface area contributed by atoms with Crippen molar-refractivity contribution in [3.63, 3.8) is 0 Å². The lowest BCUT2D eigenvalue weighted by Gasteiger charge is -2.15. The number of aryl methyl sites for hydroxylation is 1. The zero-order chi connectivity index (χ0) is 14.1. The molecule has 3 heterocycles. The fraction of sp³-hybridized carbons (Fsp3) is 0.571. The lowest BCUT2D eigenvalue weighted by molar-refractivity contribution is 0.414. The number of rotatable bonds is 4. The van der Waals surface area contributed by atoms with E-state index in [1.165, 1.54) is 11.3 Å². The van der Waals surface area contributed by atoms with E-state index in [2.05, 4.69) is 52.5 Å². The number of fused-ring (bicyclic) bond motifs is 1. The highest BCUT2D eigenvalue weighted by molar-refractivity contribution is 7.18. The summed E-state index contributed by atoms with van der Waals surface area (Å²) in [6.45, 7) is 7.24. The van der Waals surface area contributed by atoms with Crippen LogP contribution in [0.4, 0.5) is 11.8 Å². The van der Waals surface area contributed by atoms with Gasteiger partial charge in [0.25, 0.3) is 0 Å². The first-order chi connectivity index (χ1) is 9.65. The van der Waals surface area contributed by atoms with Gasteiger partial charge in [-0.15, -0.1) is 11.3 Å². The van der Waals surface area contributed by atoms with Crippen LogP contribution < -0.4 is 10.6 Å². The largest absolute Gasteiger partial charge is 0.365 e. The molecule has 0 amide bonds. The number of anilines is 2. The van der Waals surface area contributed by atoms with Crippen molar-refractivity contribution in [1.29, 1.82) is 0 Å². The van der Waals surface area contributed by atoms with Gasteiger partial charge in [0.15, 0.2) is 0 Å². The predicted molar refractivity (Wildman–Crippen MR) is 85.8 cm³/mol. The molecule has 0 aromatic carbocycles. The van der Waals surface area contributed by atoms with E-state index in [9.17, 15) is 0 Å². The molecule has 5 nitrogen and oxygen atoms in total. The lowest BCUT2D eigenvalue weighted by Crippen LogP contribution is -2.24. The number of likely N-dealkylation sites (N-methyl/N-ethyl adjacent to an activating group) is 1. The van der Waals surface area contributed by atoms with Crippen LogP contribution in [0.25, 0.3) is 10.2 Å². The fourth-order valence-corrected chi connectivity index (χ4v) is 3.51. The van der Waals surface area contributed by atoms with Crippen molar-refractivity contribution in [2.45, 2.75) is 26.3 Å². The Labute approximate surface area is 123 Å². The first-order valence-corrected chi connectivity index (χ1v) is 7.94. The quantitative estimate of drug-likeness (QED) is 0.906. The van der Waals surface area contributed by atoms with E-state index in [1.807, 2.05) is 0 Å². The maximum absolute atomic E-state index is 4.65. The number of hydrogen-bond donors (Lipinski definition) is 2. The van der Waals surface area contributed by atoms with E-state index in [4.69, 9.17) is 0 Å². The van der Waals surface area contributed by atoms with Crippen LogP contribution >= 0.6 is 11.3 Å². The number of likely N-dealkylation sites (tertiary alicyclic amines) is 1. The third-order valence-electron chi connectivity index (χ3n) is 3.58. The summed E-state index contributed by atoms with van der Waals surface area (Å²) in [6, 6.07) is 2.66. The number of nitrogens with zero attached hydrogens (tertiary/aromatic N) is 3. The molecule has 2 aromatic rings. The van der Waals surface area contributed by atoms with E-state index in [0.717, 1.165) is 41.6 Å². The molecule has 2 aromatic heterocycles. The van der Waals surface area contributed by atoms with Gasteiger partial charge in [0.2, 0.25) is 5.95 Å². The van der Waals surface area contributed by atoms with Crippen molar-refractivity contribution in [3.05, 3.63) is 10.9 Å². The van der Waals surface area contributed by atoms with Crippen LogP contribution in [0.5, 0.6) is 0 Å². The molecule has 1 aliphatic rings. The van der Waals surface area contributed by atoms with Gasteiger partial charge in [0, 0.05) is 24.0 Å². The topological polar surface area (TPSA) is 53.1 Å². The van der Waals surface area contributed by atoms with E-state index in [1.54, 1.807) is 11.3 Å². The summed E-state index contributed by atoms with van der Waals surface area (Å²) in [6.07, 6.45) is 1.17. The molecule has 20 heavy (non-hydrogen) atoms. The van der Waals surface area contributed by atoms with Crippen LogP contribution in [0.3, 0.4) is 0 Å². The summed E-state index contributed by atoms with van der Waals surface area (Å²) >= 11 is 1.72. The van der Waals surface area contributed by atoms with Gasteiger partial charge < -0.3 is 15.5 Å². The molecule has 108 valence electrons. The Morgan fingerprint density at radius 1 is 1.45 bits per heavy atom. The number of aromatic nitrogens is 2. The zero-order valence-corrected chi connectivity index (χ0v) is 13.0. The van der Waals surface area contributed by atoms with Crippen LogP contribution in [0, 0.1) is 6.92 Å². The predicted octanol–water partition coefficient (Wildman–Crippen LogP) is 2.55. The molecule has 1 saturated heterocycles. The SMILES string of the molecule is CCNc1nc(NC2CCN(C)C2)c2cc(C)sc2n1. The maximum atomic E-state index is 4.65. The Balaban J connectivity index is 1.94. The van der Waals surface area contributed by atoms with Gasteiger partial charge >= 0.3 is 0 Å². The average Bonchev–Trinajstić information content (AvgIpc) is 2.95. The van der Waals surface area contributed by atoms with Gasteiger partial charge in [0.1, 0.15) is 10.6 Å². The Bertz CT molecular complexity index is 609. The third-order valence-corrected chi connectivity index (χ3v) is 4.53. The second-order valence-corrected chi connectivity index (χ2v) is 6.63. The van der Waals surface area contributed by atoms with Crippen molar-refractivity contribution < 1.29 is 0 Å². The van der Waals surface area contributed by atoms with Crippen molar-refractivity contribution in [2.75, 3.05) is 37.3 Å². The highest BCUT2D eigenvalue weighted by Gasteiger charge is 2.21. The van der Waals surface area contributed by atoms with Crippen LogP contribution in [0.15, 0.2) is 6.07 Å². The fourth-order valence-electron chi connectivity index (χ4n) is 2.64. The van der Waals surface area contributed by atoms with Gasteiger partial charge in [0.05, 0.1) is 5.39 Å². The summed E-state index contributed by atoms with van der Waals surface area (Å²) in [5, 5.41) is 7.96. The van der Waals surface area contributed by atoms with E-state index in [0.29, 0.717) is 6.04 Å². The third kappa shape index (κ3) is 2.71. The van der Waals surface area contributed by atoms with Crippen LogP contribution in [-0.2, 0) is 0 Å². The average molecular weight is 291 g/mol. The molecule has 3 rings (SSSR count). The molecular formula is C14H21N5S. The standard InChI is InChI=1S/C14H21N5S/c1-4-15-14-17-12(16-10-5-6-19(3)8-10)11-7-9(2)20-13(11)18-14/h7,10H,4-6,8H2,1-3H3,(H2,15,16,17,18). The molecule has 0 spiro atoms. The van der Waals surface area contributed by atoms with E-state index < -0.39 is 0 Å². The second-order valence-electron chi connectivity index (χ2n) is 5.39. The Morgan fingerprint density at radius 3 is 3.00 bits per heavy atom. The highest BCUT2D eigenvalue weighted by atomic mass is 32.1. The van der Waals surface area contributed by atoms with Crippen LogP contribution in [0.1, 0.15) is 18.2 Å². The summed E-state index contributed by atoms with van der Waals surface area (Å²) in [4.78, 5) is 13.9. The van der Waals surface area contributed by atoms with Crippen LogP contribution in [-0.4, -0.2) is 47.6 Å². The summed E-state index contributed by atoms with van der Waals surface area (Å²) in [5.74, 6) is 1.69. The normalized spacial score (nSPS) is 19.6. The minimum Gasteiger partial charge on any atom is -0.365 e. The summed E-state index contributed by atoms with van der Waals surface area (Å²) in [7, 11) is 2.16. The monoisotopic (exact) mass is 291 g/mol. The minimum atomic E-state index is 0.479. The van der Waals surface area contributed by atoms with Gasteiger partial charge in [-0.25, -0.2) is 4.98 Å². The van der Waals surface area contributed by atoms with Crippen molar-refractivity contribution in [2.24, 2.45) is 0 Å². The second kappa shape index (κ2) is 5.54. The molecule has 1 unspecified atom stereocenters. The summed E-state index contributed by atoms with van der Waals surface area (Å²) < 4.78 is 0. The first kappa shape index (κ1) is 13.6. The van der Waals surface area contributed by atoms with Crippen LogP contribution in [0.2, 0.25) is 0 Å². The molecule has 1 aliphatic heterocycles. The lowest BCUT2D eigenvalue weighted by atomic mass is 10.2. The van der Waals surface area contributed by atoms with Gasteiger partial charge in [-0.05, 0) is 39.9 Å². The molecule has 0 aliphatic carbocycles. The number of thiophene rings is 1. The van der Waals surface area contributed by atoms with Crippen molar-refractivity contribution in [1.82, 2.24) is 14.9 Å². The van der Waals surface area contributed by atoms with Crippen molar-refractivity contribution in [3.8, 4) is 0 Å². The molecule has 1 atom stereocenters. The smallest absolute Gasteiger partial charge is 0.226 e.